The normalized spacial score (nSPS) is 16.5. The highest BCUT2D eigenvalue weighted by Crippen LogP contribution is 2.27. The summed E-state index contributed by atoms with van der Waals surface area (Å²) in [7, 11) is -3.33. The summed E-state index contributed by atoms with van der Waals surface area (Å²) < 4.78 is 27.3. The first-order valence-corrected chi connectivity index (χ1v) is 9.15. The predicted molar refractivity (Wildman–Crippen MR) is 79.0 cm³/mol. The molecule has 2 N–H and O–H groups in total. The van der Waals surface area contributed by atoms with Crippen molar-refractivity contribution in [2.24, 2.45) is 0 Å². The SMILES string of the molecule is CCCNCc1cc(S(=O)(=O)NC2CCC2)c(C)s1. The first-order chi connectivity index (χ1) is 9.03. The number of hydrogen-bond donors (Lipinski definition) is 2. The summed E-state index contributed by atoms with van der Waals surface area (Å²) in [6.07, 6.45) is 4.14. The van der Waals surface area contributed by atoms with Crippen LogP contribution in [0.2, 0.25) is 0 Å². The van der Waals surface area contributed by atoms with Gasteiger partial charge in [-0.15, -0.1) is 11.3 Å². The summed E-state index contributed by atoms with van der Waals surface area (Å²) in [6, 6.07) is 1.95. The van der Waals surface area contributed by atoms with Crippen molar-refractivity contribution >= 4 is 21.4 Å². The van der Waals surface area contributed by atoms with Crippen LogP contribution in [0.4, 0.5) is 0 Å². The van der Waals surface area contributed by atoms with E-state index in [0.717, 1.165) is 48.5 Å². The molecule has 0 aromatic carbocycles. The van der Waals surface area contributed by atoms with E-state index in [2.05, 4.69) is 17.0 Å². The van der Waals surface area contributed by atoms with Crippen molar-refractivity contribution in [3.8, 4) is 0 Å². The number of rotatable bonds is 7. The smallest absolute Gasteiger partial charge is 0.241 e. The van der Waals surface area contributed by atoms with E-state index in [1.807, 2.05) is 13.0 Å². The molecule has 1 aliphatic rings. The van der Waals surface area contributed by atoms with E-state index >= 15 is 0 Å². The van der Waals surface area contributed by atoms with Crippen molar-refractivity contribution in [2.45, 2.75) is 57.0 Å². The Morgan fingerprint density at radius 1 is 1.42 bits per heavy atom. The van der Waals surface area contributed by atoms with Gasteiger partial charge in [-0.1, -0.05) is 13.3 Å². The standard InChI is InChI=1S/C13H22N2O2S2/c1-3-7-14-9-12-8-13(10(2)18-12)19(16,17)15-11-5-4-6-11/h8,11,14-15H,3-7,9H2,1-2H3. The van der Waals surface area contributed by atoms with E-state index in [0.29, 0.717) is 4.90 Å². The number of hydrogen-bond acceptors (Lipinski definition) is 4. The largest absolute Gasteiger partial charge is 0.312 e. The van der Waals surface area contributed by atoms with Crippen LogP contribution in [0.1, 0.15) is 42.4 Å². The van der Waals surface area contributed by atoms with E-state index in [1.54, 1.807) is 11.3 Å². The molecule has 0 spiro atoms. The second kappa shape index (κ2) is 6.35. The first kappa shape index (κ1) is 15.0. The Hall–Kier alpha value is -0.430. The van der Waals surface area contributed by atoms with Crippen molar-refractivity contribution < 1.29 is 8.42 Å². The van der Waals surface area contributed by atoms with Crippen LogP contribution >= 0.6 is 11.3 Å². The van der Waals surface area contributed by atoms with E-state index in [9.17, 15) is 8.42 Å². The molecule has 1 aromatic rings. The molecular formula is C13H22N2O2S2. The number of thiophene rings is 1. The van der Waals surface area contributed by atoms with Gasteiger partial charge >= 0.3 is 0 Å². The molecule has 0 atom stereocenters. The zero-order valence-corrected chi connectivity index (χ0v) is 13.2. The van der Waals surface area contributed by atoms with Crippen LogP contribution in [0.25, 0.3) is 0 Å². The Balaban J connectivity index is 2.06. The van der Waals surface area contributed by atoms with Crippen molar-refractivity contribution in [3.63, 3.8) is 0 Å². The van der Waals surface area contributed by atoms with Gasteiger partial charge in [-0.2, -0.15) is 0 Å². The molecule has 1 fully saturated rings. The Kier molecular flexibility index (Phi) is 5.00. The van der Waals surface area contributed by atoms with Gasteiger partial charge in [0, 0.05) is 22.3 Å². The lowest BCUT2D eigenvalue weighted by atomic mass is 9.94. The number of nitrogens with one attached hydrogen (secondary N) is 2. The average molecular weight is 302 g/mol. The molecule has 108 valence electrons. The van der Waals surface area contributed by atoms with Crippen LogP contribution in [0, 0.1) is 6.92 Å². The summed E-state index contributed by atoms with van der Waals surface area (Å²) in [6.45, 7) is 5.70. The summed E-state index contributed by atoms with van der Waals surface area (Å²) >= 11 is 1.56. The summed E-state index contributed by atoms with van der Waals surface area (Å²) in [4.78, 5) is 2.41. The van der Waals surface area contributed by atoms with E-state index in [1.165, 1.54) is 0 Å². The lowest BCUT2D eigenvalue weighted by molar-refractivity contribution is 0.383. The fourth-order valence-corrected chi connectivity index (χ4v) is 4.99. The molecule has 0 amide bonds. The maximum atomic E-state index is 12.3. The van der Waals surface area contributed by atoms with Crippen LogP contribution in [0.3, 0.4) is 0 Å². The molecule has 0 aliphatic heterocycles. The summed E-state index contributed by atoms with van der Waals surface area (Å²) in [5, 5.41) is 3.30. The van der Waals surface area contributed by atoms with Gasteiger partial charge in [0.1, 0.15) is 0 Å². The van der Waals surface area contributed by atoms with Crippen LogP contribution < -0.4 is 10.0 Å². The number of aryl methyl sites for hydroxylation is 1. The highest BCUT2D eigenvalue weighted by molar-refractivity contribution is 7.89. The van der Waals surface area contributed by atoms with Gasteiger partial charge in [0.2, 0.25) is 10.0 Å². The molecule has 0 radical (unpaired) electrons. The number of sulfonamides is 1. The molecule has 0 saturated heterocycles. The van der Waals surface area contributed by atoms with Crippen molar-refractivity contribution in [1.82, 2.24) is 10.0 Å². The third-order valence-corrected chi connectivity index (χ3v) is 6.19. The fraction of sp³-hybridized carbons (Fsp3) is 0.692. The quantitative estimate of drug-likeness (QED) is 0.760. The van der Waals surface area contributed by atoms with E-state index in [-0.39, 0.29) is 6.04 Å². The van der Waals surface area contributed by atoms with Crippen LogP contribution in [-0.2, 0) is 16.6 Å². The van der Waals surface area contributed by atoms with Gasteiger partial charge < -0.3 is 5.32 Å². The first-order valence-electron chi connectivity index (χ1n) is 6.85. The van der Waals surface area contributed by atoms with E-state index in [4.69, 9.17) is 0 Å². The molecule has 6 heteroatoms. The lowest BCUT2D eigenvalue weighted by Crippen LogP contribution is -2.39. The van der Waals surface area contributed by atoms with Gasteiger partial charge in [0.15, 0.2) is 0 Å². The third kappa shape index (κ3) is 3.78. The highest BCUT2D eigenvalue weighted by atomic mass is 32.2. The summed E-state index contributed by atoms with van der Waals surface area (Å²) in [5.41, 5.74) is 0. The van der Waals surface area contributed by atoms with Crippen molar-refractivity contribution in [2.75, 3.05) is 6.54 Å². The van der Waals surface area contributed by atoms with Crippen LogP contribution in [0.5, 0.6) is 0 Å². The predicted octanol–water partition coefficient (Wildman–Crippen LogP) is 2.39. The topological polar surface area (TPSA) is 58.2 Å². The average Bonchev–Trinajstić information content (AvgIpc) is 2.67. The van der Waals surface area contributed by atoms with Crippen LogP contribution in [0.15, 0.2) is 11.0 Å². The molecule has 2 rings (SSSR count). The molecule has 1 aromatic heterocycles. The van der Waals surface area contributed by atoms with Gasteiger partial charge in [0.05, 0.1) is 4.90 Å². The maximum absolute atomic E-state index is 12.3. The zero-order chi connectivity index (χ0) is 13.9. The molecule has 1 heterocycles. The maximum Gasteiger partial charge on any atom is 0.241 e. The molecular weight excluding hydrogens is 280 g/mol. The second-order valence-corrected chi connectivity index (χ2v) is 8.08. The van der Waals surface area contributed by atoms with E-state index < -0.39 is 10.0 Å². The molecule has 1 aliphatic carbocycles. The summed E-state index contributed by atoms with van der Waals surface area (Å²) in [5.74, 6) is 0. The molecule has 19 heavy (non-hydrogen) atoms. The Bertz CT molecular complexity index is 519. The van der Waals surface area contributed by atoms with Crippen molar-refractivity contribution in [3.05, 3.63) is 15.8 Å². The minimum Gasteiger partial charge on any atom is -0.312 e. The molecule has 0 bridgehead atoms. The minimum atomic E-state index is -3.33. The Labute approximate surface area is 119 Å². The molecule has 4 nitrogen and oxygen atoms in total. The zero-order valence-electron chi connectivity index (χ0n) is 11.5. The third-order valence-electron chi connectivity index (χ3n) is 3.37. The van der Waals surface area contributed by atoms with Crippen LogP contribution in [-0.4, -0.2) is 21.0 Å². The highest BCUT2D eigenvalue weighted by Gasteiger charge is 2.26. The van der Waals surface area contributed by atoms with Gasteiger partial charge in [-0.3, -0.25) is 0 Å². The molecule has 1 saturated carbocycles. The van der Waals surface area contributed by atoms with Gasteiger partial charge in [-0.25, -0.2) is 13.1 Å². The minimum absolute atomic E-state index is 0.144. The van der Waals surface area contributed by atoms with Gasteiger partial charge in [0.25, 0.3) is 0 Å². The Morgan fingerprint density at radius 3 is 2.74 bits per heavy atom. The second-order valence-electron chi connectivity index (χ2n) is 5.06. The fourth-order valence-electron chi connectivity index (χ4n) is 2.08. The van der Waals surface area contributed by atoms with Gasteiger partial charge in [-0.05, 0) is 38.8 Å². The lowest BCUT2D eigenvalue weighted by Gasteiger charge is -2.25. The monoisotopic (exact) mass is 302 g/mol. The van der Waals surface area contributed by atoms with Crippen molar-refractivity contribution in [1.29, 1.82) is 0 Å². The molecule has 0 unspecified atom stereocenters. The Morgan fingerprint density at radius 2 is 2.16 bits per heavy atom.